The normalized spacial score (nSPS) is 12.1. The van der Waals surface area contributed by atoms with Crippen molar-refractivity contribution in [1.82, 2.24) is 20.1 Å². The smallest absolute Gasteiger partial charge is 0.231 e. The molecule has 0 aliphatic carbocycles. The minimum absolute atomic E-state index is 0.128. The number of ether oxygens (including phenoxy) is 1. The predicted octanol–water partition coefficient (Wildman–Crippen LogP) is 3.92. The molecule has 8 heteroatoms. The largest absolute Gasteiger partial charge is 0.494 e. The van der Waals surface area contributed by atoms with E-state index in [1.165, 1.54) is 19.5 Å². The number of rotatable bonds is 6. The molecular weight excluding hydrogens is 361 g/mol. The van der Waals surface area contributed by atoms with Gasteiger partial charge < -0.3 is 14.6 Å². The molecule has 2 aromatic carbocycles. The Morgan fingerprint density at radius 1 is 1.18 bits per heavy atom. The van der Waals surface area contributed by atoms with Crippen molar-refractivity contribution < 1.29 is 13.7 Å². The SMILES string of the molecule is COc1cc2c(NC(C)c3noc(Cc4ccccc4)n3)ncnc2cc1F. The van der Waals surface area contributed by atoms with Crippen molar-refractivity contribution in [2.75, 3.05) is 12.4 Å². The lowest BCUT2D eigenvalue weighted by molar-refractivity contribution is 0.377. The maximum absolute atomic E-state index is 13.9. The number of methoxy groups -OCH3 is 1. The Morgan fingerprint density at radius 2 is 2.00 bits per heavy atom. The first kappa shape index (κ1) is 17.8. The van der Waals surface area contributed by atoms with E-state index >= 15 is 0 Å². The molecule has 1 N–H and O–H groups in total. The molecule has 28 heavy (non-hydrogen) atoms. The Balaban J connectivity index is 1.56. The molecule has 0 aliphatic rings. The standard InChI is InChI=1S/C20H18FN5O2/c1-12(19-25-18(28-26-19)8-13-6-4-3-5-7-13)24-20-14-9-17(27-2)15(21)10-16(14)22-11-23-20/h3-7,9-12H,8H2,1-2H3,(H,22,23,24). The number of halogens is 1. The van der Waals surface area contributed by atoms with Crippen molar-refractivity contribution in [2.24, 2.45) is 0 Å². The lowest BCUT2D eigenvalue weighted by Crippen LogP contribution is -2.10. The van der Waals surface area contributed by atoms with Gasteiger partial charge >= 0.3 is 0 Å². The quantitative estimate of drug-likeness (QED) is 0.543. The van der Waals surface area contributed by atoms with Crippen LogP contribution in [0.4, 0.5) is 10.2 Å². The lowest BCUT2D eigenvalue weighted by Gasteiger charge is -2.13. The minimum atomic E-state index is -0.476. The van der Waals surface area contributed by atoms with Crippen LogP contribution in [0.25, 0.3) is 10.9 Å². The fraction of sp³-hybridized carbons (Fsp3) is 0.200. The van der Waals surface area contributed by atoms with Crippen molar-refractivity contribution in [3.05, 3.63) is 71.9 Å². The Bertz CT molecular complexity index is 1100. The van der Waals surface area contributed by atoms with Gasteiger partial charge in [0.25, 0.3) is 0 Å². The monoisotopic (exact) mass is 379 g/mol. The van der Waals surface area contributed by atoms with Crippen LogP contribution in [0, 0.1) is 5.82 Å². The van der Waals surface area contributed by atoms with Gasteiger partial charge in [0.2, 0.25) is 5.89 Å². The highest BCUT2D eigenvalue weighted by Gasteiger charge is 2.17. The summed E-state index contributed by atoms with van der Waals surface area (Å²) in [5, 5.41) is 7.93. The van der Waals surface area contributed by atoms with Crippen molar-refractivity contribution in [2.45, 2.75) is 19.4 Å². The molecule has 1 atom stereocenters. The molecule has 0 bridgehead atoms. The summed E-state index contributed by atoms with van der Waals surface area (Å²) in [6, 6.07) is 12.5. The van der Waals surface area contributed by atoms with Crippen LogP contribution in [0.3, 0.4) is 0 Å². The number of nitrogens with zero attached hydrogens (tertiary/aromatic N) is 4. The molecule has 0 amide bonds. The molecule has 1 unspecified atom stereocenters. The number of hydrogen-bond donors (Lipinski definition) is 1. The summed E-state index contributed by atoms with van der Waals surface area (Å²) in [5.74, 6) is 1.22. The Kier molecular flexibility index (Phi) is 4.84. The summed E-state index contributed by atoms with van der Waals surface area (Å²) in [7, 11) is 1.41. The Morgan fingerprint density at radius 3 is 2.79 bits per heavy atom. The number of anilines is 1. The van der Waals surface area contributed by atoms with E-state index in [4.69, 9.17) is 9.26 Å². The first-order chi connectivity index (χ1) is 13.6. The third-order valence-electron chi connectivity index (χ3n) is 4.33. The molecule has 142 valence electrons. The molecule has 4 aromatic rings. The topological polar surface area (TPSA) is 86.0 Å². The van der Waals surface area contributed by atoms with Gasteiger partial charge in [-0.15, -0.1) is 0 Å². The Labute approximate surface area is 160 Å². The third kappa shape index (κ3) is 3.62. The van der Waals surface area contributed by atoms with Gasteiger partial charge in [-0.05, 0) is 18.6 Å². The van der Waals surface area contributed by atoms with Crippen LogP contribution in [0.5, 0.6) is 5.75 Å². The van der Waals surface area contributed by atoms with E-state index in [2.05, 4.69) is 25.4 Å². The lowest BCUT2D eigenvalue weighted by atomic mass is 10.1. The van der Waals surface area contributed by atoms with Gasteiger partial charge in [-0.1, -0.05) is 35.5 Å². The van der Waals surface area contributed by atoms with Crippen molar-refractivity contribution in [3.8, 4) is 5.75 Å². The van der Waals surface area contributed by atoms with Gasteiger partial charge in [0.15, 0.2) is 17.4 Å². The van der Waals surface area contributed by atoms with Gasteiger partial charge in [-0.25, -0.2) is 14.4 Å². The highest BCUT2D eigenvalue weighted by molar-refractivity contribution is 5.90. The first-order valence-corrected chi connectivity index (χ1v) is 8.75. The van der Waals surface area contributed by atoms with Gasteiger partial charge in [-0.3, -0.25) is 0 Å². The molecule has 0 spiro atoms. The summed E-state index contributed by atoms with van der Waals surface area (Å²) in [6.07, 6.45) is 1.94. The van der Waals surface area contributed by atoms with Gasteiger partial charge in [0.1, 0.15) is 12.1 Å². The van der Waals surface area contributed by atoms with Crippen LogP contribution in [0.15, 0.2) is 53.3 Å². The van der Waals surface area contributed by atoms with Crippen LogP contribution >= 0.6 is 0 Å². The zero-order valence-electron chi connectivity index (χ0n) is 15.4. The fourth-order valence-corrected chi connectivity index (χ4v) is 2.89. The molecule has 0 radical (unpaired) electrons. The van der Waals surface area contributed by atoms with Crippen LogP contribution in [0.2, 0.25) is 0 Å². The Hall–Kier alpha value is -3.55. The number of aromatic nitrogens is 4. The van der Waals surface area contributed by atoms with Crippen LogP contribution in [-0.4, -0.2) is 27.2 Å². The molecule has 0 saturated heterocycles. The minimum Gasteiger partial charge on any atom is -0.494 e. The molecule has 2 heterocycles. The maximum atomic E-state index is 13.9. The molecule has 0 saturated carbocycles. The number of hydrogen-bond acceptors (Lipinski definition) is 7. The maximum Gasteiger partial charge on any atom is 0.231 e. The van der Waals surface area contributed by atoms with Crippen LogP contribution < -0.4 is 10.1 Å². The third-order valence-corrected chi connectivity index (χ3v) is 4.33. The average molecular weight is 379 g/mol. The van der Waals surface area contributed by atoms with Crippen molar-refractivity contribution in [3.63, 3.8) is 0 Å². The van der Waals surface area contributed by atoms with Gasteiger partial charge in [0, 0.05) is 11.5 Å². The van der Waals surface area contributed by atoms with Crippen LogP contribution in [-0.2, 0) is 6.42 Å². The molecule has 7 nitrogen and oxygen atoms in total. The second-order valence-electron chi connectivity index (χ2n) is 6.30. The van der Waals surface area contributed by atoms with Gasteiger partial charge in [0.05, 0.1) is 25.1 Å². The van der Waals surface area contributed by atoms with Crippen LogP contribution in [0.1, 0.15) is 30.2 Å². The fourth-order valence-electron chi connectivity index (χ4n) is 2.89. The number of benzene rings is 2. The molecular formula is C20H18FN5O2. The summed E-state index contributed by atoms with van der Waals surface area (Å²) in [4.78, 5) is 12.8. The second kappa shape index (κ2) is 7.59. The summed E-state index contributed by atoms with van der Waals surface area (Å²) < 4.78 is 24.3. The predicted molar refractivity (Wildman–Crippen MR) is 102 cm³/mol. The van der Waals surface area contributed by atoms with E-state index in [0.29, 0.717) is 34.9 Å². The van der Waals surface area contributed by atoms with Crippen molar-refractivity contribution in [1.29, 1.82) is 0 Å². The first-order valence-electron chi connectivity index (χ1n) is 8.75. The zero-order chi connectivity index (χ0) is 19.5. The highest BCUT2D eigenvalue weighted by Crippen LogP contribution is 2.29. The number of fused-ring (bicyclic) bond motifs is 1. The van der Waals surface area contributed by atoms with E-state index < -0.39 is 5.82 Å². The second-order valence-corrected chi connectivity index (χ2v) is 6.30. The molecule has 4 rings (SSSR count). The number of nitrogens with one attached hydrogen (secondary N) is 1. The summed E-state index contributed by atoms with van der Waals surface area (Å²) in [5.41, 5.74) is 1.56. The molecule has 0 aliphatic heterocycles. The average Bonchev–Trinajstić information content (AvgIpc) is 3.17. The molecule has 0 fully saturated rings. The van der Waals surface area contributed by atoms with Gasteiger partial charge in [-0.2, -0.15) is 4.98 Å². The van der Waals surface area contributed by atoms with E-state index in [1.54, 1.807) is 6.07 Å². The van der Waals surface area contributed by atoms with E-state index in [1.807, 2.05) is 37.3 Å². The van der Waals surface area contributed by atoms with Crippen molar-refractivity contribution >= 4 is 16.7 Å². The van der Waals surface area contributed by atoms with E-state index in [-0.39, 0.29) is 11.8 Å². The van der Waals surface area contributed by atoms with E-state index in [9.17, 15) is 4.39 Å². The molecule has 2 aromatic heterocycles. The summed E-state index contributed by atoms with van der Waals surface area (Å²) >= 11 is 0. The summed E-state index contributed by atoms with van der Waals surface area (Å²) in [6.45, 7) is 1.89. The zero-order valence-corrected chi connectivity index (χ0v) is 15.4. The highest BCUT2D eigenvalue weighted by atomic mass is 19.1. The van der Waals surface area contributed by atoms with E-state index in [0.717, 1.165) is 5.56 Å².